The van der Waals surface area contributed by atoms with Crippen molar-refractivity contribution in [1.29, 1.82) is 0 Å². The van der Waals surface area contributed by atoms with Crippen LogP contribution in [0.15, 0.2) is 72.8 Å². The predicted molar refractivity (Wildman–Crippen MR) is 118 cm³/mol. The third-order valence-electron chi connectivity index (χ3n) is 5.13. The summed E-state index contributed by atoms with van der Waals surface area (Å²) in [5, 5.41) is 5.63. The highest BCUT2D eigenvalue weighted by molar-refractivity contribution is 6.35. The van der Waals surface area contributed by atoms with Crippen LogP contribution in [-0.4, -0.2) is 9.78 Å². The first-order chi connectivity index (χ1) is 13.5. The first kappa shape index (κ1) is 18.5. The number of aryl methyl sites for hydroxylation is 3. The quantitative estimate of drug-likeness (QED) is 0.375. The molecule has 0 aliphatic heterocycles. The zero-order chi connectivity index (χ0) is 19.7. The van der Waals surface area contributed by atoms with Crippen LogP contribution in [0.2, 0.25) is 5.02 Å². The molecule has 0 saturated carbocycles. The van der Waals surface area contributed by atoms with E-state index < -0.39 is 0 Å². The van der Waals surface area contributed by atoms with Gasteiger partial charge in [-0.1, -0.05) is 95.5 Å². The SMILES string of the molecule is Cc1ccc(-c2nn(Cc3ccccc3C)c(-c3ccc(C)cc3)c2Cl)cc1. The second-order valence-corrected chi connectivity index (χ2v) is 7.71. The summed E-state index contributed by atoms with van der Waals surface area (Å²) in [6.45, 7) is 6.99. The number of hydrogen-bond donors (Lipinski definition) is 0. The Morgan fingerprint density at radius 1 is 0.750 bits per heavy atom. The van der Waals surface area contributed by atoms with Gasteiger partial charge in [-0.2, -0.15) is 5.10 Å². The van der Waals surface area contributed by atoms with Gasteiger partial charge in [0, 0.05) is 11.1 Å². The second kappa shape index (κ2) is 7.65. The van der Waals surface area contributed by atoms with Crippen molar-refractivity contribution >= 4 is 11.6 Å². The van der Waals surface area contributed by atoms with Crippen LogP contribution in [0.1, 0.15) is 22.3 Å². The topological polar surface area (TPSA) is 17.8 Å². The van der Waals surface area contributed by atoms with Crippen molar-refractivity contribution in [3.63, 3.8) is 0 Å². The summed E-state index contributed by atoms with van der Waals surface area (Å²) in [5.41, 5.74) is 8.83. The van der Waals surface area contributed by atoms with E-state index in [1.54, 1.807) is 0 Å². The fourth-order valence-corrected chi connectivity index (χ4v) is 3.74. The average molecular weight is 387 g/mol. The van der Waals surface area contributed by atoms with Gasteiger partial charge in [0.15, 0.2) is 0 Å². The lowest BCUT2D eigenvalue weighted by Gasteiger charge is -2.10. The van der Waals surface area contributed by atoms with Crippen LogP contribution < -0.4 is 0 Å². The van der Waals surface area contributed by atoms with Crippen molar-refractivity contribution in [2.75, 3.05) is 0 Å². The number of benzene rings is 3. The fraction of sp³-hybridized carbons (Fsp3) is 0.160. The van der Waals surface area contributed by atoms with Crippen LogP contribution in [0.5, 0.6) is 0 Å². The zero-order valence-corrected chi connectivity index (χ0v) is 17.2. The fourth-order valence-electron chi connectivity index (χ4n) is 3.39. The normalized spacial score (nSPS) is 11.0. The lowest BCUT2D eigenvalue weighted by molar-refractivity contribution is 0.694. The maximum Gasteiger partial charge on any atom is 0.112 e. The Morgan fingerprint density at radius 3 is 1.93 bits per heavy atom. The minimum atomic E-state index is 0.682. The third kappa shape index (κ3) is 3.61. The highest BCUT2D eigenvalue weighted by Gasteiger charge is 2.19. The molecule has 1 aromatic heterocycles. The Bertz CT molecular complexity index is 1110. The number of halogens is 1. The molecule has 0 N–H and O–H groups in total. The van der Waals surface area contributed by atoms with Crippen molar-refractivity contribution in [2.45, 2.75) is 27.3 Å². The van der Waals surface area contributed by atoms with E-state index >= 15 is 0 Å². The molecule has 140 valence electrons. The lowest BCUT2D eigenvalue weighted by atomic mass is 10.1. The minimum Gasteiger partial charge on any atom is -0.258 e. The molecule has 0 bridgehead atoms. The highest BCUT2D eigenvalue weighted by Crippen LogP contribution is 2.37. The molecule has 4 aromatic rings. The van der Waals surface area contributed by atoms with Gasteiger partial charge < -0.3 is 0 Å². The number of nitrogens with zero attached hydrogens (tertiary/aromatic N) is 2. The van der Waals surface area contributed by atoms with E-state index in [0.29, 0.717) is 11.6 Å². The molecule has 0 spiro atoms. The van der Waals surface area contributed by atoms with E-state index in [4.69, 9.17) is 16.7 Å². The van der Waals surface area contributed by atoms with Gasteiger partial charge in [0.1, 0.15) is 5.69 Å². The summed E-state index contributed by atoms with van der Waals surface area (Å²) >= 11 is 6.90. The van der Waals surface area contributed by atoms with Gasteiger partial charge in [-0.25, -0.2) is 0 Å². The van der Waals surface area contributed by atoms with E-state index in [0.717, 1.165) is 22.5 Å². The van der Waals surface area contributed by atoms with Crippen molar-refractivity contribution in [3.05, 3.63) is 100 Å². The Labute approximate surface area is 171 Å². The Hall–Kier alpha value is -2.84. The first-order valence-electron chi connectivity index (χ1n) is 9.48. The van der Waals surface area contributed by atoms with Crippen molar-refractivity contribution in [2.24, 2.45) is 0 Å². The molecular formula is C25H23ClN2. The summed E-state index contributed by atoms with van der Waals surface area (Å²) < 4.78 is 2.03. The van der Waals surface area contributed by atoms with Gasteiger partial charge in [0.25, 0.3) is 0 Å². The molecule has 4 rings (SSSR count). The summed E-state index contributed by atoms with van der Waals surface area (Å²) in [6, 6.07) is 25.2. The Balaban J connectivity index is 1.87. The van der Waals surface area contributed by atoms with Crippen LogP contribution in [0.4, 0.5) is 0 Å². The molecule has 0 aliphatic rings. The number of hydrogen-bond acceptors (Lipinski definition) is 1. The highest BCUT2D eigenvalue weighted by atomic mass is 35.5. The van der Waals surface area contributed by atoms with Crippen LogP contribution in [0, 0.1) is 20.8 Å². The molecule has 3 heteroatoms. The summed E-state index contributed by atoms with van der Waals surface area (Å²) in [4.78, 5) is 0. The summed E-state index contributed by atoms with van der Waals surface area (Å²) in [6.07, 6.45) is 0. The zero-order valence-electron chi connectivity index (χ0n) is 16.4. The molecule has 0 fully saturated rings. The number of rotatable bonds is 4. The molecule has 28 heavy (non-hydrogen) atoms. The van der Waals surface area contributed by atoms with Gasteiger partial charge in [-0.05, 0) is 31.9 Å². The molecule has 0 amide bonds. The lowest BCUT2D eigenvalue weighted by Crippen LogP contribution is -2.05. The van der Waals surface area contributed by atoms with Gasteiger partial charge in [0.05, 0.1) is 17.3 Å². The molecule has 1 heterocycles. The average Bonchev–Trinajstić information content (AvgIpc) is 3.01. The molecule has 0 atom stereocenters. The van der Waals surface area contributed by atoms with Crippen LogP contribution in [0.3, 0.4) is 0 Å². The van der Waals surface area contributed by atoms with Crippen LogP contribution >= 0.6 is 11.6 Å². The van der Waals surface area contributed by atoms with E-state index in [1.165, 1.54) is 22.3 Å². The Kier molecular flexibility index (Phi) is 5.06. The van der Waals surface area contributed by atoms with Crippen molar-refractivity contribution < 1.29 is 0 Å². The monoisotopic (exact) mass is 386 g/mol. The van der Waals surface area contributed by atoms with E-state index in [9.17, 15) is 0 Å². The maximum atomic E-state index is 6.90. The van der Waals surface area contributed by atoms with E-state index in [2.05, 4.69) is 93.6 Å². The van der Waals surface area contributed by atoms with E-state index in [1.807, 2.05) is 4.68 Å². The summed E-state index contributed by atoms with van der Waals surface area (Å²) in [7, 11) is 0. The van der Waals surface area contributed by atoms with Gasteiger partial charge >= 0.3 is 0 Å². The van der Waals surface area contributed by atoms with Gasteiger partial charge in [-0.15, -0.1) is 0 Å². The third-order valence-corrected chi connectivity index (χ3v) is 5.48. The van der Waals surface area contributed by atoms with Crippen LogP contribution in [-0.2, 0) is 6.54 Å². The molecule has 0 unspecified atom stereocenters. The summed E-state index contributed by atoms with van der Waals surface area (Å²) in [5.74, 6) is 0. The molecule has 0 aliphatic carbocycles. The van der Waals surface area contributed by atoms with Gasteiger partial charge in [0.2, 0.25) is 0 Å². The molecular weight excluding hydrogens is 364 g/mol. The van der Waals surface area contributed by atoms with Gasteiger partial charge in [-0.3, -0.25) is 4.68 Å². The van der Waals surface area contributed by atoms with Crippen molar-refractivity contribution in [1.82, 2.24) is 9.78 Å². The van der Waals surface area contributed by atoms with Crippen molar-refractivity contribution in [3.8, 4) is 22.5 Å². The second-order valence-electron chi connectivity index (χ2n) is 7.33. The smallest absolute Gasteiger partial charge is 0.112 e. The van der Waals surface area contributed by atoms with Crippen LogP contribution in [0.25, 0.3) is 22.5 Å². The molecule has 0 saturated heterocycles. The largest absolute Gasteiger partial charge is 0.258 e. The standard InChI is InChI=1S/C25H23ClN2/c1-17-8-12-20(13-9-17)24-23(26)25(21-14-10-18(2)11-15-21)28(27-24)16-22-7-5-4-6-19(22)3/h4-15H,16H2,1-3H3. The van der Waals surface area contributed by atoms with E-state index in [-0.39, 0.29) is 0 Å². The maximum absolute atomic E-state index is 6.90. The minimum absolute atomic E-state index is 0.682. The Morgan fingerprint density at radius 2 is 1.32 bits per heavy atom. The molecule has 0 radical (unpaired) electrons. The predicted octanol–water partition coefficient (Wildman–Crippen LogP) is 6.84. The first-order valence-corrected chi connectivity index (χ1v) is 9.85. The number of aromatic nitrogens is 2. The molecule has 3 aromatic carbocycles. The molecule has 2 nitrogen and oxygen atoms in total.